The maximum absolute atomic E-state index is 12.9. The fourth-order valence-electron chi connectivity index (χ4n) is 2.26. The predicted molar refractivity (Wildman–Crippen MR) is 100 cm³/mol. The van der Waals surface area contributed by atoms with Gasteiger partial charge in [0.1, 0.15) is 11.9 Å². The van der Waals surface area contributed by atoms with Gasteiger partial charge in [-0.25, -0.2) is 9.18 Å². The summed E-state index contributed by atoms with van der Waals surface area (Å²) in [6, 6.07) is 4.25. The molecule has 0 heterocycles. The lowest BCUT2D eigenvalue weighted by Gasteiger charge is -2.26. The molecule has 9 heteroatoms. The number of benzene rings is 1. The van der Waals surface area contributed by atoms with E-state index in [0.29, 0.717) is 18.7 Å². The topological polar surface area (TPSA) is 105 Å². The molecule has 0 saturated carbocycles. The number of nitrogens with two attached hydrogens (primary N) is 1. The number of urea groups is 1. The number of likely N-dealkylation sites (N-methyl/N-ethyl adjacent to an activating group) is 1. The zero-order valence-electron chi connectivity index (χ0n) is 15.0. The first-order chi connectivity index (χ1) is 12.4. The number of rotatable bonds is 10. The van der Waals surface area contributed by atoms with E-state index >= 15 is 0 Å². The Kier molecular flexibility index (Phi) is 9.50. The van der Waals surface area contributed by atoms with Gasteiger partial charge in [0.25, 0.3) is 0 Å². The number of nitrogens with zero attached hydrogens (tertiary/aromatic N) is 1. The molecular weight excluding hydrogens is 359 g/mol. The van der Waals surface area contributed by atoms with E-state index in [1.165, 1.54) is 17.0 Å². The third kappa shape index (κ3) is 7.73. The van der Waals surface area contributed by atoms with Crippen molar-refractivity contribution >= 4 is 29.6 Å². The lowest BCUT2D eigenvalue weighted by molar-refractivity contribution is -0.137. The number of primary amides is 1. The predicted octanol–water partition coefficient (Wildman–Crippen LogP) is 1.08. The Hall–Kier alpha value is -2.29. The average molecular weight is 384 g/mol. The van der Waals surface area contributed by atoms with Crippen molar-refractivity contribution in [2.45, 2.75) is 25.9 Å². The van der Waals surface area contributed by atoms with E-state index < -0.39 is 12.1 Å². The van der Waals surface area contributed by atoms with Crippen LogP contribution in [0.4, 0.5) is 9.18 Å². The first kappa shape index (κ1) is 21.8. The molecule has 0 spiro atoms. The summed E-state index contributed by atoms with van der Waals surface area (Å²) < 4.78 is 12.9. The molecule has 0 aliphatic heterocycles. The van der Waals surface area contributed by atoms with Crippen molar-refractivity contribution in [3.63, 3.8) is 0 Å². The number of hydrogen-bond donors (Lipinski definition) is 3. The zero-order valence-corrected chi connectivity index (χ0v) is 15.8. The highest BCUT2D eigenvalue weighted by atomic mass is 32.2. The van der Waals surface area contributed by atoms with E-state index in [0.717, 1.165) is 5.56 Å². The van der Waals surface area contributed by atoms with E-state index in [9.17, 15) is 18.8 Å². The van der Waals surface area contributed by atoms with Crippen LogP contribution in [0.3, 0.4) is 0 Å². The van der Waals surface area contributed by atoms with Crippen LogP contribution in [0, 0.1) is 5.82 Å². The van der Waals surface area contributed by atoms with Crippen molar-refractivity contribution in [1.29, 1.82) is 0 Å². The van der Waals surface area contributed by atoms with Crippen LogP contribution < -0.4 is 16.4 Å². The average Bonchev–Trinajstić information content (AvgIpc) is 2.61. The maximum atomic E-state index is 12.9. The van der Waals surface area contributed by atoms with Crippen LogP contribution in [-0.4, -0.2) is 53.9 Å². The molecule has 0 fully saturated rings. The molecule has 7 nitrogen and oxygen atoms in total. The lowest BCUT2D eigenvalue weighted by Crippen LogP contribution is -2.52. The van der Waals surface area contributed by atoms with E-state index in [2.05, 4.69) is 10.6 Å². The molecule has 0 bridgehead atoms. The number of nitrogens with one attached hydrogen (secondary N) is 2. The second kappa shape index (κ2) is 11.3. The van der Waals surface area contributed by atoms with Gasteiger partial charge < -0.3 is 21.3 Å². The van der Waals surface area contributed by atoms with Crippen LogP contribution in [0.25, 0.3) is 0 Å². The molecule has 0 aliphatic carbocycles. The first-order valence-corrected chi connectivity index (χ1v) is 9.61. The fraction of sp³-hybridized carbons (Fsp3) is 0.471. The molecule has 26 heavy (non-hydrogen) atoms. The first-order valence-electron chi connectivity index (χ1n) is 8.22. The molecule has 1 atom stereocenters. The van der Waals surface area contributed by atoms with E-state index in [1.54, 1.807) is 30.8 Å². The molecule has 0 radical (unpaired) electrons. The summed E-state index contributed by atoms with van der Waals surface area (Å²) in [4.78, 5) is 37.2. The molecule has 0 aromatic heterocycles. The highest BCUT2D eigenvalue weighted by molar-refractivity contribution is 7.98. The Morgan fingerprint density at radius 2 is 1.92 bits per heavy atom. The van der Waals surface area contributed by atoms with E-state index in [4.69, 9.17) is 5.73 Å². The normalized spacial score (nSPS) is 11.5. The minimum atomic E-state index is -0.777. The molecule has 1 aromatic rings. The van der Waals surface area contributed by atoms with Crippen molar-refractivity contribution in [2.24, 2.45) is 5.73 Å². The summed E-state index contributed by atoms with van der Waals surface area (Å²) >= 11 is 1.55. The number of halogens is 1. The Labute approximate surface area is 156 Å². The fourth-order valence-corrected chi connectivity index (χ4v) is 2.73. The van der Waals surface area contributed by atoms with Crippen molar-refractivity contribution in [1.82, 2.24) is 15.5 Å². The number of carbonyl (C=O) groups is 3. The Balaban J connectivity index is 2.61. The number of hydrogen-bond acceptors (Lipinski definition) is 4. The summed E-state index contributed by atoms with van der Waals surface area (Å²) in [5.41, 5.74) is 5.89. The van der Waals surface area contributed by atoms with Crippen molar-refractivity contribution in [3.8, 4) is 0 Å². The van der Waals surface area contributed by atoms with Gasteiger partial charge in [-0.15, -0.1) is 0 Å². The summed E-state index contributed by atoms with van der Waals surface area (Å²) in [6.45, 7) is 2.17. The van der Waals surface area contributed by atoms with E-state index in [-0.39, 0.29) is 30.7 Å². The Morgan fingerprint density at radius 3 is 2.46 bits per heavy atom. The number of amides is 4. The van der Waals surface area contributed by atoms with Crippen molar-refractivity contribution in [3.05, 3.63) is 35.6 Å². The minimum absolute atomic E-state index is 0.132. The monoisotopic (exact) mass is 384 g/mol. The summed E-state index contributed by atoms with van der Waals surface area (Å²) in [5, 5.41) is 5.12. The lowest BCUT2D eigenvalue weighted by atomic mass is 10.2. The van der Waals surface area contributed by atoms with Gasteiger partial charge >= 0.3 is 6.03 Å². The maximum Gasteiger partial charge on any atom is 0.312 e. The summed E-state index contributed by atoms with van der Waals surface area (Å²) in [7, 11) is 0. The molecule has 1 rings (SSSR count). The van der Waals surface area contributed by atoms with Crippen LogP contribution in [0.5, 0.6) is 0 Å². The molecule has 4 amide bonds. The smallest absolute Gasteiger partial charge is 0.312 e. The molecular formula is C17H25FN4O3S. The van der Waals surface area contributed by atoms with Gasteiger partial charge in [-0.1, -0.05) is 12.1 Å². The van der Waals surface area contributed by atoms with Crippen LogP contribution in [0.15, 0.2) is 24.3 Å². The quantitative estimate of drug-likeness (QED) is 0.561. The number of carbonyl (C=O) groups excluding carboxylic acids is 3. The molecule has 1 aromatic carbocycles. The standard InChI is InChI=1S/C17H25FN4O3S/c1-3-22(16(24)14(8-9-26-2)21-17(19)25)11-15(23)20-10-12-4-6-13(18)7-5-12/h4-7,14H,3,8-11H2,1-2H3,(H,20,23)(H3,19,21,25)/t14-/m1/s1. The second-order valence-electron chi connectivity index (χ2n) is 5.60. The molecule has 144 valence electrons. The largest absolute Gasteiger partial charge is 0.352 e. The van der Waals surface area contributed by atoms with Crippen molar-refractivity contribution in [2.75, 3.05) is 25.1 Å². The van der Waals surface area contributed by atoms with Gasteiger partial charge in [-0.3, -0.25) is 9.59 Å². The van der Waals surface area contributed by atoms with Gasteiger partial charge in [0, 0.05) is 13.1 Å². The van der Waals surface area contributed by atoms with Gasteiger partial charge in [-0.2, -0.15) is 11.8 Å². The minimum Gasteiger partial charge on any atom is -0.352 e. The summed E-state index contributed by atoms with van der Waals surface area (Å²) in [6.07, 6.45) is 2.32. The van der Waals surface area contributed by atoms with Crippen LogP contribution in [-0.2, 0) is 16.1 Å². The van der Waals surface area contributed by atoms with E-state index in [1.807, 2.05) is 6.26 Å². The summed E-state index contributed by atoms with van der Waals surface area (Å²) in [5.74, 6) is -0.365. The molecule has 0 unspecified atom stereocenters. The number of thioether (sulfide) groups is 1. The zero-order chi connectivity index (χ0) is 19.5. The second-order valence-corrected chi connectivity index (χ2v) is 6.58. The Bertz CT molecular complexity index is 613. The third-order valence-electron chi connectivity index (χ3n) is 3.66. The Morgan fingerprint density at radius 1 is 1.27 bits per heavy atom. The van der Waals surface area contributed by atoms with Gasteiger partial charge in [0.2, 0.25) is 11.8 Å². The SMILES string of the molecule is CCN(CC(=O)NCc1ccc(F)cc1)C(=O)[C@@H](CCSC)NC(N)=O. The van der Waals surface area contributed by atoms with Gasteiger partial charge in [0.15, 0.2) is 0 Å². The highest BCUT2D eigenvalue weighted by Gasteiger charge is 2.25. The van der Waals surface area contributed by atoms with Crippen molar-refractivity contribution < 1.29 is 18.8 Å². The molecule has 4 N–H and O–H groups in total. The van der Waals surface area contributed by atoms with Gasteiger partial charge in [0.05, 0.1) is 6.54 Å². The molecule has 0 aliphatic rings. The molecule has 0 saturated heterocycles. The van der Waals surface area contributed by atoms with Crippen LogP contribution in [0.2, 0.25) is 0 Å². The van der Waals surface area contributed by atoms with Crippen LogP contribution >= 0.6 is 11.8 Å². The highest BCUT2D eigenvalue weighted by Crippen LogP contribution is 2.06. The van der Waals surface area contributed by atoms with Gasteiger partial charge in [-0.05, 0) is 43.0 Å². The van der Waals surface area contributed by atoms with Crippen LogP contribution in [0.1, 0.15) is 18.9 Å². The third-order valence-corrected chi connectivity index (χ3v) is 4.30.